The highest BCUT2D eigenvalue weighted by Crippen LogP contribution is 2.57. The predicted molar refractivity (Wildman–Crippen MR) is 153 cm³/mol. The minimum absolute atomic E-state index is 0.324. The highest BCUT2D eigenvalue weighted by Gasteiger charge is 2.63. The number of rotatable bonds is 7. The highest BCUT2D eigenvalue weighted by molar-refractivity contribution is 5.10. The summed E-state index contributed by atoms with van der Waals surface area (Å²) in [6.07, 6.45) is 21.6. The lowest BCUT2D eigenvalue weighted by Gasteiger charge is -2.59. The number of hydrogen-bond donors (Lipinski definition) is 7. The third-order valence-electron chi connectivity index (χ3n) is 10.1. The van der Waals surface area contributed by atoms with Crippen molar-refractivity contribution in [3.05, 3.63) is 0 Å². The summed E-state index contributed by atoms with van der Waals surface area (Å²) >= 11 is 0. The van der Waals surface area contributed by atoms with Crippen molar-refractivity contribution in [2.75, 3.05) is 46.2 Å². The van der Waals surface area contributed by atoms with Gasteiger partial charge >= 0.3 is 0 Å². The molecule has 1 aliphatic rings. The molecule has 38 heavy (non-hydrogen) atoms. The Bertz CT molecular complexity index is 544. The Kier molecular flexibility index (Phi) is 19.4. The standard InChI is InChI=1S/C31H62O7/c32-21-28-19-17-15-13-11-9-7-5-3-1-2-4-6-8-10-12-14-16-18-20-29(22-33,23-34)31(26-37,27-38)30(28,24-35)25-36/h28,32-38H,1-27H2. The minimum Gasteiger partial charge on any atom is -0.396 e. The average molecular weight is 547 g/mol. The van der Waals surface area contributed by atoms with E-state index in [1.807, 2.05) is 0 Å². The van der Waals surface area contributed by atoms with Gasteiger partial charge in [0.15, 0.2) is 0 Å². The fourth-order valence-electron chi connectivity index (χ4n) is 7.20. The molecule has 7 nitrogen and oxygen atoms in total. The van der Waals surface area contributed by atoms with Crippen LogP contribution in [-0.4, -0.2) is 82.0 Å². The fraction of sp³-hybridized carbons (Fsp3) is 1.00. The molecule has 1 unspecified atom stereocenters. The third kappa shape index (κ3) is 9.39. The van der Waals surface area contributed by atoms with Gasteiger partial charge in [-0.05, 0) is 18.8 Å². The van der Waals surface area contributed by atoms with Crippen LogP contribution in [0, 0.1) is 22.2 Å². The quantitative estimate of drug-likeness (QED) is 0.252. The van der Waals surface area contributed by atoms with Crippen LogP contribution in [0.25, 0.3) is 0 Å². The van der Waals surface area contributed by atoms with Gasteiger partial charge in [-0.3, -0.25) is 0 Å². The summed E-state index contributed by atoms with van der Waals surface area (Å²) < 4.78 is 0. The van der Waals surface area contributed by atoms with E-state index in [1.165, 1.54) is 70.6 Å². The first-order valence-corrected chi connectivity index (χ1v) is 15.8. The monoisotopic (exact) mass is 546 g/mol. The lowest BCUT2D eigenvalue weighted by molar-refractivity contribution is -0.234. The van der Waals surface area contributed by atoms with Gasteiger partial charge in [-0.25, -0.2) is 0 Å². The second-order valence-electron chi connectivity index (χ2n) is 12.2. The van der Waals surface area contributed by atoms with E-state index in [9.17, 15) is 35.7 Å². The molecule has 0 heterocycles. The summed E-state index contributed by atoms with van der Waals surface area (Å²) in [6, 6.07) is 0. The van der Waals surface area contributed by atoms with Crippen molar-refractivity contribution < 1.29 is 35.7 Å². The molecule has 0 aromatic rings. The van der Waals surface area contributed by atoms with Crippen molar-refractivity contribution in [1.82, 2.24) is 0 Å². The molecular formula is C31H62O7. The van der Waals surface area contributed by atoms with E-state index in [1.54, 1.807) is 0 Å². The number of aliphatic hydroxyl groups excluding tert-OH is 7. The van der Waals surface area contributed by atoms with Gasteiger partial charge in [-0.2, -0.15) is 0 Å². The second-order valence-corrected chi connectivity index (χ2v) is 12.2. The summed E-state index contributed by atoms with van der Waals surface area (Å²) in [7, 11) is 0. The topological polar surface area (TPSA) is 142 Å². The normalized spacial score (nSPS) is 25.8. The maximum absolute atomic E-state index is 10.8. The van der Waals surface area contributed by atoms with Gasteiger partial charge in [0.1, 0.15) is 0 Å². The average Bonchev–Trinajstić information content (AvgIpc) is 2.95. The van der Waals surface area contributed by atoms with Crippen molar-refractivity contribution in [2.24, 2.45) is 22.2 Å². The molecule has 1 fully saturated rings. The molecule has 0 saturated heterocycles. The van der Waals surface area contributed by atoms with Gasteiger partial charge in [0.2, 0.25) is 0 Å². The molecule has 7 heteroatoms. The summed E-state index contributed by atoms with van der Waals surface area (Å²) in [4.78, 5) is 0. The Labute approximate surface area is 232 Å². The molecule has 0 amide bonds. The van der Waals surface area contributed by atoms with Gasteiger partial charge in [-0.1, -0.05) is 116 Å². The van der Waals surface area contributed by atoms with Crippen LogP contribution in [0.15, 0.2) is 0 Å². The Hall–Kier alpha value is -0.280. The van der Waals surface area contributed by atoms with Crippen LogP contribution in [0.2, 0.25) is 0 Å². The van der Waals surface area contributed by atoms with Crippen molar-refractivity contribution >= 4 is 0 Å². The van der Waals surface area contributed by atoms with Crippen LogP contribution in [0.4, 0.5) is 0 Å². The first kappa shape index (κ1) is 35.7. The zero-order valence-electron chi connectivity index (χ0n) is 24.3. The first-order chi connectivity index (χ1) is 18.5. The smallest absolute Gasteiger partial charge is 0.0523 e. The lowest BCUT2D eigenvalue weighted by atomic mass is 9.46. The maximum atomic E-state index is 10.8. The molecular weight excluding hydrogens is 484 g/mol. The molecule has 1 aliphatic carbocycles. The van der Waals surface area contributed by atoms with Gasteiger partial charge in [-0.15, -0.1) is 0 Å². The van der Waals surface area contributed by atoms with Crippen molar-refractivity contribution in [3.8, 4) is 0 Å². The molecule has 7 N–H and O–H groups in total. The zero-order chi connectivity index (χ0) is 28.2. The largest absolute Gasteiger partial charge is 0.396 e. The molecule has 0 aromatic carbocycles. The van der Waals surface area contributed by atoms with Gasteiger partial charge < -0.3 is 35.7 Å². The summed E-state index contributed by atoms with van der Waals surface area (Å²) in [5.41, 5.74) is -4.36. The molecule has 0 spiro atoms. The van der Waals surface area contributed by atoms with E-state index < -0.39 is 61.8 Å². The van der Waals surface area contributed by atoms with Crippen LogP contribution >= 0.6 is 0 Å². The number of hydrogen-bond acceptors (Lipinski definition) is 7. The summed E-state index contributed by atoms with van der Waals surface area (Å²) in [6.45, 7) is -3.70. The van der Waals surface area contributed by atoms with Gasteiger partial charge in [0.05, 0.1) is 39.6 Å². The van der Waals surface area contributed by atoms with Crippen LogP contribution in [-0.2, 0) is 0 Å². The lowest BCUT2D eigenvalue weighted by Crippen LogP contribution is -2.66. The third-order valence-corrected chi connectivity index (χ3v) is 10.1. The van der Waals surface area contributed by atoms with Gasteiger partial charge in [0, 0.05) is 22.9 Å². The second kappa shape index (κ2) is 20.6. The van der Waals surface area contributed by atoms with E-state index >= 15 is 0 Å². The minimum atomic E-state index is -1.58. The number of aliphatic hydroxyl groups is 7. The van der Waals surface area contributed by atoms with E-state index in [2.05, 4.69) is 0 Å². The first-order valence-electron chi connectivity index (χ1n) is 15.8. The fourth-order valence-corrected chi connectivity index (χ4v) is 7.20. The molecule has 0 radical (unpaired) electrons. The molecule has 228 valence electrons. The summed E-state index contributed by atoms with van der Waals surface area (Å²) in [5.74, 6) is -0.597. The van der Waals surface area contributed by atoms with E-state index in [0.29, 0.717) is 19.3 Å². The van der Waals surface area contributed by atoms with Crippen LogP contribution in [0.3, 0.4) is 0 Å². The Morgan fingerprint density at radius 2 is 0.737 bits per heavy atom. The maximum Gasteiger partial charge on any atom is 0.0523 e. The summed E-state index contributed by atoms with van der Waals surface area (Å²) in [5, 5.41) is 74.6. The van der Waals surface area contributed by atoms with E-state index in [-0.39, 0.29) is 6.61 Å². The molecule has 0 bridgehead atoms. The van der Waals surface area contributed by atoms with E-state index in [0.717, 1.165) is 38.5 Å². The Balaban J connectivity index is 3.15. The van der Waals surface area contributed by atoms with Crippen LogP contribution < -0.4 is 0 Å². The van der Waals surface area contributed by atoms with Crippen molar-refractivity contribution in [2.45, 2.75) is 128 Å². The molecule has 1 atom stereocenters. The molecule has 1 rings (SSSR count). The molecule has 0 aliphatic heterocycles. The van der Waals surface area contributed by atoms with Crippen molar-refractivity contribution in [3.63, 3.8) is 0 Å². The van der Waals surface area contributed by atoms with Gasteiger partial charge in [0.25, 0.3) is 0 Å². The highest BCUT2D eigenvalue weighted by atomic mass is 16.3. The molecule has 1 saturated carbocycles. The predicted octanol–water partition coefficient (Wildman–Crippen LogP) is 4.32. The van der Waals surface area contributed by atoms with Crippen molar-refractivity contribution in [1.29, 1.82) is 0 Å². The Morgan fingerprint density at radius 1 is 0.395 bits per heavy atom. The SMILES string of the molecule is OCC1CCCCCCCCCCCCCCCCCCCCC(CO)(CO)C(CO)(CO)C1(CO)CO. The Morgan fingerprint density at radius 3 is 1.03 bits per heavy atom. The van der Waals surface area contributed by atoms with Crippen LogP contribution in [0.5, 0.6) is 0 Å². The van der Waals surface area contributed by atoms with E-state index in [4.69, 9.17) is 0 Å². The molecule has 0 aromatic heterocycles. The van der Waals surface area contributed by atoms with Crippen LogP contribution in [0.1, 0.15) is 128 Å². The zero-order valence-corrected chi connectivity index (χ0v) is 24.3.